The Labute approximate surface area is 122 Å². The van der Waals surface area contributed by atoms with Crippen LogP contribution in [0.4, 0.5) is 15.8 Å². The van der Waals surface area contributed by atoms with Crippen LogP contribution in [0.5, 0.6) is 0 Å². The van der Waals surface area contributed by atoms with Crippen LogP contribution in [0.15, 0.2) is 18.2 Å². The second kappa shape index (κ2) is 7.35. The van der Waals surface area contributed by atoms with Crippen LogP contribution in [-0.4, -0.2) is 54.9 Å². The first kappa shape index (κ1) is 15.7. The zero-order valence-electron chi connectivity index (χ0n) is 11.7. The Morgan fingerprint density at radius 1 is 1.57 bits per heavy atom. The zero-order valence-corrected chi connectivity index (χ0v) is 11.7. The number of morpholine rings is 1. The summed E-state index contributed by atoms with van der Waals surface area (Å²) < 4.78 is 18.3. The Bertz CT molecular complexity index is 498. The summed E-state index contributed by atoms with van der Waals surface area (Å²) in [6, 6.07) is 3.86. The summed E-state index contributed by atoms with van der Waals surface area (Å²) in [5, 5.41) is 11.7. The second-order valence-electron chi connectivity index (χ2n) is 5.01. The lowest BCUT2D eigenvalue weighted by Crippen LogP contribution is -2.44. The molecule has 1 unspecified atom stereocenters. The van der Waals surface area contributed by atoms with Crippen LogP contribution in [0.25, 0.3) is 0 Å². The Morgan fingerprint density at radius 2 is 2.38 bits per heavy atom. The molecule has 4 N–H and O–H groups in total. The Hall–Kier alpha value is -1.70. The lowest BCUT2D eigenvalue weighted by molar-refractivity contribution is -0.117. The van der Waals surface area contributed by atoms with Crippen LogP contribution in [-0.2, 0) is 9.53 Å². The van der Waals surface area contributed by atoms with E-state index in [2.05, 4.69) is 10.2 Å². The number of carbonyl (C=O) groups excluding carboxylic acids is 1. The second-order valence-corrected chi connectivity index (χ2v) is 5.01. The minimum absolute atomic E-state index is 0.0190. The van der Waals surface area contributed by atoms with Crippen molar-refractivity contribution in [3.63, 3.8) is 0 Å². The van der Waals surface area contributed by atoms with Gasteiger partial charge in [0, 0.05) is 26.1 Å². The maximum atomic E-state index is 12.9. The van der Waals surface area contributed by atoms with E-state index < -0.39 is 5.82 Å². The highest BCUT2D eigenvalue weighted by atomic mass is 19.1. The predicted molar refractivity (Wildman–Crippen MR) is 77.3 cm³/mol. The zero-order chi connectivity index (χ0) is 15.2. The van der Waals surface area contributed by atoms with Crippen molar-refractivity contribution in [1.29, 1.82) is 0 Å². The standard InChI is InChI=1S/C14H20FN3O3/c15-10-1-2-13(12(16)7-10)17-14(20)3-4-18-5-6-21-11(8-18)9-19/h1-2,7,11,19H,3-6,8-9,16H2,(H,17,20). The van der Waals surface area contributed by atoms with Gasteiger partial charge in [-0.05, 0) is 18.2 Å². The molecule has 1 amide bonds. The number of nitrogen functional groups attached to an aromatic ring is 1. The number of amides is 1. The first-order valence-electron chi connectivity index (χ1n) is 6.88. The van der Waals surface area contributed by atoms with E-state index in [4.69, 9.17) is 15.6 Å². The molecule has 0 radical (unpaired) electrons. The molecule has 1 aromatic rings. The van der Waals surface area contributed by atoms with Gasteiger partial charge in [0.05, 0.1) is 30.7 Å². The number of nitrogens with two attached hydrogens (primary N) is 1. The number of halogens is 1. The van der Waals surface area contributed by atoms with Crippen molar-refractivity contribution in [3.8, 4) is 0 Å². The molecule has 0 aromatic heterocycles. The highest BCUT2D eigenvalue weighted by Gasteiger charge is 2.20. The van der Waals surface area contributed by atoms with Gasteiger partial charge < -0.3 is 20.9 Å². The maximum absolute atomic E-state index is 12.9. The molecule has 1 aliphatic rings. The minimum Gasteiger partial charge on any atom is -0.397 e. The number of benzene rings is 1. The number of aliphatic hydroxyl groups is 1. The fraction of sp³-hybridized carbons (Fsp3) is 0.500. The molecule has 0 spiro atoms. The van der Waals surface area contributed by atoms with Gasteiger partial charge in [-0.3, -0.25) is 9.69 Å². The molecular formula is C14H20FN3O3. The highest BCUT2D eigenvalue weighted by molar-refractivity contribution is 5.93. The first-order valence-corrected chi connectivity index (χ1v) is 6.88. The van der Waals surface area contributed by atoms with E-state index in [0.29, 0.717) is 31.8 Å². The van der Waals surface area contributed by atoms with Gasteiger partial charge in [0.2, 0.25) is 5.91 Å². The van der Waals surface area contributed by atoms with Gasteiger partial charge in [-0.1, -0.05) is 0 Å². The quantitative estimate of drug-likeness (QED) is 0.686. The Balaban J connectivity index is 1.79. The number of anilines is 2. The van der Waals surface area contributed by atoms with Crippen LogP contribution >= 0.6 is 0 Å². The molecule has 1 aliphatic heterocycles. The van der Waals surface area contributed by atoms with Crippen LogP contribution in [0.3, 0.4) is 0 Å². The summed E-state index contributed by atoms with van der Waals surface area (Å²) in [5.74, 6) is -0.616. The summed E-state index contributed by atoms with van der Waals surface area (Å²) in [6.07, 6.45) is 0.115. The number of carbonyl (C=O) groups is 1. The average molecular weight is 297 g/mol. The van der Waals surface area contributed by atoms with Gasteiger partial charge in [0.15, 0.2) is 0 Å². The number of hydrogen-bond acceptors (Lipinski definition) is 5. The number of rotatable bonds is 5. The summed E-state index contributed by atoms with van der Waals surface area (Å²) in [5.41, 5.74) is 6.25. The molecule has 1 heterocycles. The number of nitrogens with one attached hydrogen (secondary N) is 1. The fourth-order valence-corrected chi connectivity index (χ4v) is 2.21. The third kappa shape index (κ3) is 4.66. The van der Waals surface area contributed by atoms with Gasteiger partial charge in [-0.2, -0.15) is 0 Å². The topological polar surface area (TPSA) is 87.8 Å². The van der Waals surface area contributed by atoms with Crippen LogP contribution in [0.1, 0.15) is 6.42 Å². The monoisotopic (exact) mass is 297 g/mol. The normalized spacial score (nSPS) is 19.4. The van der Waals surface area contributed by atoms with E-state index in [1.807, 2.05) is 0 Å². The van der Waals surface area contributed by atoms with Crippen LogP contribution in [0, 0.1) is 5.82 Å². The van der Waals surface area contributed by atoms with Gasteiger partial charge >= 0.3 is 0 Å². The largest absolute Gasteiger partial charge is 0.397 e. The van der Waals surface area contributed by atoms with Crippen molar-refractivity contribution in [2.24, 2.45) is 0 Å². The molecule has 7 heteroatoms. The number of ether oxygens (including phenoxy) is 1. The number of aliphatic hydroxyl groups excluding tert-OH is 1. The Kier molecular flexibility index (Phi) is 5.49. The smallest absolute Gasteiger partial charge is 0.225 e. The van der Waals surface area contributed by atoms with Crippen molar-refractivity contribution in [3.05, 3.63) is 24.0 Å². The van der Waals surface area contributed by atoms with Crippen LogP contribution in [0.2, 0.25) is 0 Å². The van der Waals surface area contributed by atoms with Crippen molar-refractivity contribution >= 4 is 17.3 Å². The van der Waals surface area contributed by atoms with Crippen molar-refractivity contribution in [2.45, 2.75) is 12.5 Å². The highest BCUT2D eigenvalue weighted by Crippen LogP contribution is 2.19. The molecule has 2 rings (SSSR count). The van der Waals surface area contributed by atoms with E-state index in [0.717, 1.165) is 6.54 Å². The summed E-state index contributed by atoms with van der Waals surface area (Å²) in [7, 11) is 0. The van der Waals surface area contributed by atoms with Gasteiger partial charge in [0.1, 0.15) is 5.82 Å². The summed E-state index contributed by atoms with van der Waals surface area (Å²) in [4.78, 5) is 13.9. The van der Waals surface area contributed by atoms with E-state index in [-0.39, 0.29) is 24.3 Å². The van der Waals surface area contributed by atoms with Gasteiger partial charge in [-0.25, -0.2) is 4.39 Å². The Morgan fingerprint density at radius 3 is 3.10 bits per heavy atom. The summed E-state index contributed by atoms with van der Waals surface area (Å²) in [6.45, 7) is 2.46. The van der Waals surface area contributed by atoms with Gasteiger partial charge in [0.25, 0.3) is 0 Å². The molecule has 1 atom stereocenters. The van der Waals surface area contributed by atoms with Crippen molar-refractivity contribution in [2.75, 3.05) is 43.9 Å². The minimum atomic E-state index is -0.436. The first-order chi connectivity index (χ1) is 10.1. The fourth-order valence-electron chi connectivity index (χ4n) is 2.21. The molecule has 1 aromatic carbocycles. The van der Waals surface area contributed by atoms with Crippen LogP contribution < -0.4 is 11.1 Å². The molecule has 0 bridgehead atoms. The van der Waals surface area contributed by atoms with E-state index >= 15 is 0 Å². The molecular weight excluding hydrogens is 277 g/mol. The van der Waals surface area contributed by atoms with E-state index in [1.165, 1.54) is 18.2 Å². The molecule has 0 saturated carbocycles. The maximum Gasteiger partial charge on any atom is 0.225 e. The van der Waals surface area contributed by atoms with Gasteiger partial charge in [-0.15, -0.1) is 0 Å². The van der Waals surface area contributed by atoms with E-state index in [9.17, 15) is 9.18 Å². The van der Waals surface area contributed by atoms with E-state index in [1.54, 1.807) is 0 Å². The van der Waals surface area contributed by atoms with Crippen molar-refractivity contribution < 1.29 is 19.0 Å². The summed E-state index contributed by atoms with van der Waals surface area (Å²) >= 11 is 0. The SMILES string of the molecule is Nc1cc(F)ccc1NC(=O)CCN1CCOC(CO)C1. The number of nitrogens with zero attached hydrogens (tertiary/aromatic N) is 1. The number of hydrogen-bond donors (Lipinski definition) is 3. The molecule has 21 heavy (non-hydrogen) atoms. The van der Waals surface area contributed by atoms with Crippen molar-refractivity contribution in [1.82, 2.24) is 4.90 Å². The molecule has 0 aliphatic carbocycles. The molecule has 116 valence electrons. The predicted octanol–water partition coefficient (Wildman–Crippen LogP) is 0.430. The lowest BCUT2D eigenvalue weighted by Gasteiger charge is -2.31. The average Bonchev–Trinajstić information content (AvgIpc) is 2.48. The third-order valence-corrected chi connectivity index (χ3v) is 3.37. The molecule has 6 nitrogen and oxygen atoms in total. The molecule has 1 fully saturated rings. The molecule has 1 saturated heterocycles. The lowest BCUT2D eigenvalue weighted by atomic mass is 10.2. The third-order valence-electron chi connectivity index (χ3n) is 3.37.